The molecule has 0 atom stereocenters. The number of rotatable bonds is 1. The number of hydrogen-bond donors (Lipinski definition) is 1. The van der Waals surface area contributed by atoms with E-state index in [9.17, 15) is 0 Å². The molecule has 0 saturated carbocycles. The van der Waals surface area contributed by atoms with E-state index in [0.29, 0.717) is 0 Å². The van der Waals surface area contributed by atoms with E-state index in [0.717, 1.165) is 24.4 Å². The van der Waals surface area contributed by atoms with Gasteiger partial charge in [0.25, 0.3) is 0 Å². The van der Waals surface area contributed by atoms with Crippen molar-refractivity contribution in [1.82, 2.24) is 10.3 Å². The number of nitrogens with zero attached hydrogens (tertiary/aromatic N) is 1. The average molecular weight is 186 g/mol. The summed E-state index contributed by atoms with van der Waals surface area (Å²) in [7, 11) is 0. The molecule has 3 heteroatoms. The minimum Gasteiger partial charge on any atom is -0.444 e. The highest BCUT2D eigenvalue weighted by Crippen LogP contribution is 2.24. The van der Waals surface area contributed by atoms with Crippen molar-refractivity contribution in [3.8, 4) is 11.3 Å². The Kier molecular flexibility index (Phi) is 1.64. The lowest BCUT2D eigenvalue weighted by molar-refractivity contribution is 0.572. The summed E-state index contributed by atoms with van der Waals surface area (Å²) < 4.78 is 5.25. The fourth-order valence-electron chi connectivity index (χ4n) is 1.81. The van der Waals surface area contributed by atoms with Gasteiger partial charge in [-0.25, -0.2) is 4.98 Å². The highest BCUT2D eigenvalue weighted by molar-refractivity contribution is 5.58. The maximum atomic E-state index is 5.25. The van der Waals surface area contributed by atoms with E-state index < -0.39 is 0 Å². The van der Waals surface area contributed by atoms with Gasteiger partial charge in [0.2, 0.25) is 0 Å². The molecule has 0 aliphatic carbocycles. The second-order valence-electron chi connectivity index (χ2n) is 3.45. The Morgan fingerprint density at radius 2 is 2.14 bits per heavy atom. The predicted octanol–water partition coefficient (Wildman–Crippen LogP) is 1.94. The van der Waals surface area contributed by atoms with Crippen molar-refractivity contribution in [1.29, 1.82) is 0 Å². The van der Waals surface area contributed by atoms with Gasteiger partial charge in [-0.2, -0.15) is 0 Å². The van der Waals surface area contributed by atoms with Crippen LogP contribution >= 0.6 is 0 Å². The molecule has 0 amide bonds. The molecule has 0 fully saturated rings. The van der Waals surface area contributed by atoms with Crippen molar-refractivity contribution < 1.29 is 4.42 Å². The van der Waals surface area contributed by atoms with Crippen LogP contribution in [0.15, 0.2) is 35.2 Å². The molecule has 0 spiro atoms. The zero-order valence-corrected chi connectivity index (χ0v) is 7.66. The monoisotopic (exact) mass is 186 g/mol. The molecule has 0 radical (unpaired) electrons. The van der Waals surface area contributed by atoms with Crippen LogP contribution in [-0.2, 0) is 13.1 Å². The van der Waals surface area contributed by atoms with Crippen LogP contribution in [0.25, 0.3) is 11.3 Å². The van der Waals surface area contributed by atoms with Crippen molar-refractivity contribution in [2.24, 2.45) is 0 Å². The van der Waals surface area contributed by atoms with Gasteiger partial charge in [0.15, 0.2) is 12.2 Å². The van der Waals surface area contributed by atoms with Crippen LogP contribution in [0.5, 0.6) is 0 Å². The zero-order chi connectivity index (χ0) is 9.38. The van der Waals surface area contributed by atoms with Gasteiger partial charge in [0, 0.05) is 18.7 Å². The Hall–Kier alpha value is -1.61. The van der Waals surface area contributed by atoms with Crippen LogP contribution in [0.1, 0.15) is 11.1 Å². The number of oxazole rings is 1. The summed E-state index contributed by atoms with van der Waals surface area (Å²) in [6.45, 7) is 1.93. The summed E-state index contributed by atoms with van der Waals surface area (Å²) in [4.78, 5) is 3.91. The van der Waals surface area contributed by atoms with Gasteiger partial charge >= 0.3 is 0 Å². The van der Waals surface area contributed by atoms with Gasteiger partial charge in [0.1, 0.15) is 0 Å². The van der Waals surface area contributed by atoms with E-state index in [4.69, 9.17) is 4.42 Å². The Bertz CT molecular complexity index is 448. The van der Waals surface area contributed by atoms with Gasteiger partial charge in [-0.1, -0.05) is 12.1 Å². The molecule has 1 aromatic heterocycles. The topological polar surface area (TPSA) is 38.1 Å². The van der Waals surface area contributed by atoms with Crippen LogP contribution in [0, 0.1) is 0 Å². The molecule has 1 aliphatic heterocycles. The van der Waals surface area contributed by atoms with E-state index >= 15 is 0 Å². The molecule has 3 nitrogen and oxygen atoms in total. The molecule has 0 bridgehead atoms. The fourth-order valence-corrected chi connectivity index (χ4v) is 1.81. The third-order valence-electron chi connectivity index (χ3n) is 2.55. The Morgan fingerprint density at radius 1 is 1.21 bits per heavy atom. The largest absolute Gasteiger partial charge is 0.444 e. The zero-order valence-electron chi connectivity index (χ0n) is 7.66. The minimum absolute atomic E-state index is 0.833. The Labute approximate surface area is 81.8 Å². The van der Waals surface area contributed by atoms with Crippen molar-refractivity contribution in [3.05, 3.63) is 41.9 Å². The van der Waals surface area contributed by atoms with Crippen molar-refractivity contribution in [2.75, 3.05) is 0 Å². The normalized spacial score (nSPS) is 14.3. The second kappa shape index (κ2) is 2.96. The minimum atomic E-state index is 0.833. The molecule has 0 saturated heterocycles. The smallest absolute Gasteiger partial charge is 0.181 e. The van der Waals surface area contributed by atoms with Gasteiger partial charge in [-0.3, -0.25) is 0 Å². The van der Waals surface area contributed by atoms with Crippen LogP contribution in [-0.4, -0.2) is 4.98 Å². The van der Waals surface area contributed by atoms with Gasteiger partial charge < -0.3 is 9.73 Å². The number of fused-ring (bicyclic) bond motifs is 1. The van der Waals surface area contributed by atoms with Crippen molar-refractivity contribution in [2.45, 2.75) is 13.1 Å². The molecule has 1 N–H and O–H groups in total. The standard InChI is InChI=1S/C11H10N2O/c1-2-9-4-12-5-10(9)3-8(1)11-6-13-7-14-11/h1-3,6-7,12H,4-5H2. The first-order valence-electron chi connectivity index (χ1n) is 4.65. The maximum Gasteiger partial charge on any atom is 0.181 e. The molecule has 0 unspecified atom stereocenters. The van der Waals surface area contributed by atoms with Crippen LogP contribution in [0.4, 0.5) is 0 Å². The molecule has 1 aromatic carbocycles. The highest BCUT2D eigenvalue weighted by atomic mass is 16.3. The predicted molar refractivity (Wildman–Crippen MR) is 52.5 cm³/mol. The van der Waals surface area contributed by atoms with E-state index in [1.165, 1.54) is 17.5 Å². The summed E-state index contributed by atoms with van der Waals surface area (Å²) in [5.74, 6) is 0.833. The number of nitrogens with one attached hydrogen (secondary N) is 1. The molecule has 3 rings (SSSR count). The summed E-state index contributed by atoms with van der Waals surface area (Å²) >= 11 is 0. The molecule has 14 heavy (non-hydrogen) atoms. The number of aromatic nitrogens is 1. The molecule has 2 heterocycles. The van der Waals surface area contributed by atoms with E-state index in [1.807, 2.05) is 0 Å². The van der Waals surface area contributed by atoms with Crippen molar-refractivity contribution >= 4 is 0 Å². The summed E-state index contributed by atoms with van der Waals surface area (Å²) in [6, 6.07) is 6.38. The molecule has 1 aliphatic rings. The van der Waals surface area contributed by atoms with Crippen LogP contribution < -0.4 is 5.32 Å². The van der Waals surface area contributed by atoms with Gasteiger partial charge in [0.05, 0.1) is 6.20 Å². The Morgan fingerprint density at radius 3 is 3.00 bits per heavy atom. The molecule has 2 aromatic rings. The number of benzene rings is 1. The fraction of sp³-hybridized carbons (Fsp3) is 0.182. The van der Waals surface area contributed by atoms with E-state index in [1.54, 1.807) is 6.20 Å². The first-order valence-corrected chi connectivity index (χ1v) is 4.65. The lowest BCUT2D eigenvalue weighted by atomic mass is 10.1. The maximum absolute atomic E-state index is 5.25. The van der Waals surface area contributed by atoms with Crippen LogP contribution in [0.3, 0.4) is 0 Å². The quantitative estimate of drug-likeness (QED) is 0.739. The third-order valence-corrected chi connectivity index (χ3v) is 2.55. The Balaban J connectivity index is 2.09. The lowest BCUT2D eigenvalue weighted by Gasteiger charge is -2.00. The van der Waals surface area contributed by atoms with Crippen molar-refractivity contribution in [3.63, 3.8) is 0 Å². The molecular weight excluding hydrogens is 176 g/mol. The van der Waals surface area contributed by atoms with Crippen LogP contribution in [0.2, 0.25) is 0 Å². The lowest BCUT2D eigenvalue weighted by Crippen LogP contribution is -1.99. The SMILES string of the molecule is c1ncc(-c2ccc3c(c2)CNC3)o1. The van der Waals surface area contributed by atoms with E-state index in [-0.39, 0.29) is 0 Å². The highest BCUT2D eigenvalue weighted by Gasteiger charge is 2.11. The second-order valence-corrected chi connectivity index (χ2v) is 3.45. The summed E-state index contributed by atoms with van der Waals surface area (Å²) in [5, 5.41) is 3.31. The van der Waals surface area contributed by atoms with E-state index in [2.05, 4.69) is 28.5 Å². The average Bonchev–Trinajstić information content (AvgIpc) is 2.88. The van der Waals surface area contributed by atoms with Gasteiger partial charge in [-0.05, 0) is 17.2 Å². The van der Waals surface area contributed by atoms with Gasteiger partial charge in [-0.15, -0.1) is 0 Å². The first kappa shape index (κ1) is 7.76. The molecular formula is C11H10N2O. The summed E-state index contributed by atoms with van der Waals surface area (Å²) in [6.07, 6.45) is 3.20. The number of hydrogen-bond acceptors (Lipinski definition) is 3. The first-order chi connectivity index (χ1) is 6.93. The third kappa shape index (κ3) is 1.14. The molecule has 70 valence electrons. The summed E-state index contributed by atoms with van der Waals surface area (Å²) in [5.41, 5.74) is 3.84.